The summed E-state index contributed by atoms with van der Waals surface area (Å²) in [5.74, 6) is 0.557. The maximum absolute atomic E-state index is 12.6. The molecule has 2 atom stereocenters. The maximum Gasteiger partial charge on any atom is 0.261 e. The summed E-state index contributed by atoms with van der Waals surface area (Å²) in [5.41, 5.74) is 4.01. The van der Waals surface area contributed by atoms with Gasteiger partial charge in [0.25, 0.3) is 5.91 Å². The van der Waals surface area contributed by atoms with Gasteiger partial charge in [-0.15, -0.1) is 0 Å². The Morgan fingerprint density at radius 1 is 1.16 bits per heavy atom. The van der Waals surface area contributed by atoms with Crippen LogP contribution in [0.2, 0.25) is 5.02 Å². The van der Waals surface area contributed by atoms with E-state index in [1.807, 2.05) is 13.8 Å². The molecule has 1 aliphatic rings. The quantitative estimate of drug-likeness (QED) is 0.801. The van der Waals surface area contributed by atoms with Gasteiger partial charge >= 0.3 is 0 Å². The van der Waals surface area contributed by atoms with Crippen molar-refractivity contribution in [2.75, 3.05) is 0 Å². The second-order valence-corrected chi connectivity index (χ2v) is 7.02. The lowest BCUT2D eigenvalue weighted by atomic mass is 10.0. The topological polar surface area (TPSA) is 38.3 Å². The Morgan fingerprint density at radius 2 is 1.88 bits per heavy atom. The summed E-state index contributed by atoms with van der Waals surface area (Å²) < 4.78 is 5.82. The van der Waals surface area contributed by atoms with Crippen LogP contribution in [0.5, 0.6) is 5.75 Å². The molecule has 2 aromatic rings. The fraction of sp³-hybridized carbons (Fsp3) is 0.381. The average molecular weight is 358 g/mol. The van der Waals surface area contributed by atoms with Gasteiger partial charge in [0.1, 0.15) is 5.75 Å². The third kappa shape index (κ3) is 4.35. The minimum absolute atomic E-state index is 0.0405. The van der Waals surface area contributed by atoms with Crippen LogP contribution in [0.4, 0.5) is 0 Å². The molecule has 1 N–H and O–H groups in total. The van der Waals surface area contributed by atoms with E-state index in [2.05, 4.69) is 23.5 Å². The third-order valence-electron chi connectivity index (χ3n) is 4.74. The largest absolute Gasteiger partial charge is 0.481 e. The van der Waals surface area contributed by atoms with E-state index < -0.39 is 6.10 Å². The van der Waals surface area contributed by atoms with Crippen LogP contribution < -0.4 is 10.1 Å². The van der Waals surface area contributed by atoms with Crippen molar-refractivity contribution in [3.05, 3.63) is 64.2 Å². The Bertz CT molecular complexity index is 742. The number of ether oxygens (including phenoxy) is 1. The highest BCUT2D eigenvalue weighted by molar-refractivity contribution is 6.30. The summed E-state index contributed by atoms with van der Waals surface area (Å²) in [6.07, 6.45) is 3.63. The molecule has 0 heterocycles. The van der Waals surface area contributed by atoms with Gasteiger partial charge in [-0.05, 0) is 73.6 Å². The number of carbonyl (C=O) groups is 1. The van der Waals surface area contributed by atoms with E-state index in [4.69, 9.17) is 16.3 Å². The van der Waals surface area contributed by atoms with Gasteiger partial charge in [-0.3, -0.25) is 4.79 Å². The Morgan fingerprint density at radius 3 is 2.60 bits per heavy atom. The van der Waals surface area contributed by atoms with Gasteiger partial charge in [-0.25, -0.2) is 0 Å². The molecule has 3 nitrogen and oxygen atoms in total. The first-order valence-corrected chi connectivity index (χ1v) is 9.29. The van der Waals surface area contributed by atoms with Crippen molar-refractivity contribution in [2.24, 2.45) is 0 Å². The van der Waals surface area contributed by atoms with Gasteiger partial charge in [0.05, 0.1) is 6.04 Å². The number of halogens is 1. The molecule has 0 aliphatic heterocycles. The molecule has 25 heavy (non-hydrogen) atoms. The molecule has 0 unspecified atom stereocenters. The van der Waals surface area contributed by atoms with Gasteiger partial charge in [-0.2, -0.15) is 0 Å². The first kappa shape index (κ1) is 17.8. The summed E-state index contributed by atoms with van der Waals surface area (Å²) >= 11 is 5.89. The average Bonchev–Trinajstić information content (AvgIpc) is 3.08. The monoisotopic (exact) mass is 357 g/mol. The van der Waals surface area contributed by atoms with Crippen LogP contribution >= 0.6 is 11.6 Å². The lowest BCUT2D eigenvalue weighted by Gasteiger charge is -2.21. The number of amides is 1. The van der Waals surface area contributed by atoms with E-state index in [0.717, 1.165) is 12.0 Å². The van der Waals surface area contributed by atoms with Crippen molar-refractivity contribution in [1.29, 1.82) is 0 Å². The highest BCUT2D eigenvalue weighted by Crippen LogP contribution is 2.25. The lowest BCUT2D eigenvalue weighted by molar-refractivity contribution is -0.128. The number of benzene rings is 2. The molecule has 0 bridgehead atoms. The molecule has 0 fully saturated rings. The zero-order valence-electron chi connectivity index (χ0n) is 14.7. The van der Waals surface area contributed by atoms with E-state index in [9.17, 15) is 4.79 Å². The third-order valence-corrected chi connectivity index (χ3v) is 4.99. The van der Waals surface area contributed by atoms with Crippen molar-refractivity contribution in [2.45, 2.75) is 51.7 Å². The first-order chi connectivity index (χ1) is 12.1. The molecule has 0 spiro atoms. The van der Waals surface area contributed by atoms with Crippen molar-refractivity contribution in [3.8, 4) is 5.75 Å². The molecular weight excluding hydrogens is 334 g/mol. The summed E-state index contributed by atoms with van der Waals surface area (Å²) in [6, 6.07) is 13.6. The summed E-state index contributed by atoms with van der Waals surface area (Å²) in [5, 5.41) is 3.73. The van der Waals surface area contributed by atoms with Crippen LogP contribution in [0, 0.1) is 0 Å². The van der Waals surface area contributed by atoms with Gasteiger partial charge < -0.3 is 10.1 Å². The number of carbonyl (C=O) groups excluding carboxylic acids is 1. The number of rotatable bonds is 6. The molecular formula is C21H24ClNO2. The SMILES string of the molecule is CC[C@@H](Oc1ccc(Cl)cc1)C(=O)N[C@H](C)c1ccc2c(c1)CCC2. The molecule has 0 radical (unpaired) electrons. The van der Waals surface area contributed by atoms with E-state index in [1.54, 1.807) is 24.3 Å². The van der Waals surface area contributed by atoms with Gasteiger partial charge in [0.15, 0.2) is 6.10 Å². The van der Waals surface area contributed by atoms with Crippen LogP contribution in [-0.4, -0.2) is 12.0 Å². The predicted molar refractivity (Wildman–Crippen MR) is 101 cm³/mol. The normalized spacial score (nSPS) is 15.3. The Kier molecular flexibility index (Phi) is 5.64. The van der Waals surface area contributed by atoms with Crippen LogP contribution in [0.1, 0.15) is 49.4 Å². The smallest absolute Gasteiger partial charge is 0.261 e. The molecule has 4 heteroatoms. The number of nitrogens with one attached hydrogen (secondary N) is 1. The highest BCUT2D eigenvalue weighted by Gasteiger charge is 2.21. The van der Waals surface area contributed by atoms with E-state index in [1.165, 1.54) is 24.0 Å². The first-order valence-electron chi connectivity index (χ1n) is 8.91. The van der Waals surface area contributed by atoms with Crippen LogP contribution in [0.3, 0.4) is 0 Å². The molecule has 3 rings (SSSR count). The number of hydrogen-bond acceptors (Lipinski definition) is 2. The molecule has 0 aromatic heterocycles. The standard InChI is InChI=1S/C21H24ClNO2/c1-3-20(25-19-11-9-18(22)10-12-19)21(24)23-14(2)16-8-7-15-5-4-6-17(15)13-16/h7-14,20H,3-6H2,1-2H3,(H,23,24)/t14-,20-/m1/s1. The number of fused-ring (bicyclic) bond motifs is 1. The molecule has 0 saturated heterocycles. The van der Waals surface area contributed by atoms with E-state index in [0.29, 0.717) is 17.2 Å². The fourth-order valence-corrected chi connectivity index (χ4v) is 3.38. The second kappa shape index (κ2) is 7.92. The lowest BCUT2D eigenvalue weighted by Crippen LogP contribution is -2.39. The van der Waals surface area contributed by atoms with Crippen molar-refractivity contribution in [3.63, 3.8) is 0 Å². The van der Waals surface area contributed by atoms with Gasteiger partial charge in [-0.1, -0.05) is 36.7 Å². The van der Waals surface area contributed by atoms with Crippen LogP contribution in [0.25, 0.3) is 0 Å². The summed E-state index contributed by atoms with van der Waals surface area (Å²) in [6.45, 7) is 3.96. The van der Waals surface area contributed by atoms with Crippen molar-refractivity contribution < 1.29 is 9.53 Å². The number of hydrogen-bond donors (Lipinski definition) is 1. The highest BCUT2D eigenvalue weighted by atomic mass is 35.5. The van der Waals surface area contributed by atoms with Gasteiger partial charge in [0, 0.05) is 5.02 Å². The van der Waals surface area contributed by atoms with Crippen molar-refractivity contribution >= 4 is 17.5 Å². The Labute approximate surface area is 154 Å². The zero-order valence-corrected chi connectivity index (χ0v) is 15.5. The Hall–Kier alpha value is -2.00. The summed E-state index contributed by atoms with van der Waals surface area (Å²) in [7, 11) is 0. The fourth-order valence-electron chi connectivity index (χ4n) is 3.25. The van der Waals surface area contributed by atoms with Crippen LogP contribution in [-0.2, 0) is 17.6 Å². The Balaban J connectivity index is 1.63. The minimum atomic E-state index is -0.516. The second-order valence-electron chi connectivity index (χ2n) is 6.58. The molecule has 2 aromatic carbocycles. The van der Waals surface area contributed by atoms with Crippen molar-refractivity contribution in [1.82, 2.24) is 5.32 Å². The zero-order chi connectivity index (χ0) is 17.8. The van der Waals surface area contributed by atoms with Gasteiger partial charge in [0.2, 0.25) is 0 Å². The maximum atomic E-state index is 12.6. The predicted octanol–water partition coefficient (Wildman–Crippen LogP) is 4.86. The summed E-state index contributed by atoms with van der Waals surface area (Å²) in [4.78, 5) is 12.6. The molecule has 1 aliphatic carbocycles. The molecule has 1 amide bonds. The minimum Gasteiger partial charge on any atom is -0.481 e. The van der Waals surface area contributed by atoms with E-state index >= 15 is 0 Å². The molecule has 132 valence electrons. The number of aryl methyl sites for hydroxylation is 2. The van der Waals surface area contributed by atoms with Crippen LogP contribution in [0.15, 0.2) is 42.5 Å². The molecule has 0 saturated carbocycles. The van der Waals surface area contributed by atoms with E-state index in [-0.39, 0.29) is 11.9 Å².